The van der Waals surface area contributed by atoms with Gasteiger partial charge >= 0.3 is 0 Å². The van der Waals surface area contributed by atoms with E-state index in [9.17, 15) is 12.8 Å². The van der Waals surface area contributed by atoms with Crippen LogP contribution in [-0.4, -0.2) is 32.4 Å². The predicted octanol–water partition coefficient (Wildman–Crippen LogP) is 1.19. The SMILES string of the molecule is CC1(CN)CCN(S(=O)(=O)c2ccccc2F)C1. The summed E-state index contributed by atoms with van der Waals surface area (Å²) in [5.41, 5.74) is 5.44. The Kier molecular flexibility index (Phi) is 3.44. The lowest BCUT2D eigenvalue weighted by Crippen LogP contribution is -2.34. The Balaban J connectivity index is 2.32. The van der Waals surface area contributed by atoms with Gasteiger partial charge in [-0.25, -0.2) is 12.8 Å². The van der Waals surface area contributed by atoms with Gasteiger partial charge in [0.1, 0.15) is 10.7 Å². The summed E-state index contributed by atoms with van der Waals surface area (Å²) < 4.78 is 39.5. The molecule has 4 nitrogen and oxygen atoms in total. The summed E-state index contributed by atoms with van der Waals surface area (Å²) in [6, 6.07) is 5.45. The average Bonchev–Trinajstić information content (AvgIpc) is 2.74. The second kappa shape index (κ2) is 4.60. The molecule has 1 fully saturated rings. The quantitative estimate of drug-likeness (QED) is 0.899. The lowest BCUT2D eigenvalue weighted by Gasteiger charge is -2.22. The Labute approximate surface area is 107 Å². The zero-order chi connectivity index (χ0) is 13.4. The lowest BCUT2D eigenvalue weighted by atomic mass is 9.90. The summed E-state index contributed by atoms with van der Waals surface area (Å²) in [6.07, 6.45) is 0.706. The molecular weight excluding hydrogens is 255 g/mol. The van der Waals surface area contributed by atoms with Gasteiger partial charge in [-0.05, 0) is 30.5 Å². The highest BCUT2D eigenvalue weighted by Crippen LogP contribution is 2.32. The first-order chi connectivity index (χ1) is 8.39. The van der Waals surface area contributed by atoms with Crippen LogP contribution in [0.4, 0.5) is 4.39 Å². The summed E-state index contributed by atoms with van der Waals surface area (Å²) in [6.45, 7) is 3.12. The number of sulfonamides is 1. The minimum absolute atomic E-state index is 0.210. The zero-order valence-electron chi connectivity index (χ0n) is 10.3. The fourth-order valence-electron chi connectivity index (χ4n) is 2.14. The van der Waals surface area contributed by atoms with Gasteiger partial charge in [-0.1, -0.05) is 19.1 Å². The van der Waals surface area contributed by atoms with Crippen LogP contribution in [0.1, 0.15) is 13.3 Å². The van der Waals surface area contributed by atoms with Gasteiger partial charge in [-0.3, -0.25) is 0 Å². The van der Waals surface area contributed by atoms with Crippen LogP contribution < -0.4 is 5.73 Å². The minimum atomic E-state index is -3.75. The smallest absolute Gasteiger partial charge is 0.246 e. The number of nitrogens with zero attached hydrogens (tertiary/aromatic N) is 1. The normalized spacial score (nSPS) is 25.5. The van der Waals surface area contributed by atoms with Crippen molar-refractivity contribution in [1.29, 1.82) is 0 Å². The average molecular weight is 272 g/mol. The van der Waals surface area contributed by atoms with Crippen molar-refractivity contribution in [2.45, 2.75) is 18.2 Å². The second-order valence-corrected chi connectivity index (χ2v) is 6.94. The van der Waals surface area contributed by atoms with Crippen molar-refractivity contribution in [3.05, 3.63) is 30.1 Å². The van der Waals surface area contributed by atoms with Gasteiger partial charge in [-0.15, -0.1) is 0 Å². The summed E-state index contributed by atoms with van der Waals surface area (Å²) in [5.74, 6) is -0.709. The largest absolute Gasteiger partial charge is 0.330 e. The topological polar surface area (TPSA) is 63.4 Å². The molecule has 2 rings (SSSR count). The highest BCUT2D eigenvalue weighted by Gasteiger charge is 2.39. The van der Waals surface area contributed by atoms with Crippen molar-refractivity contribution in [3.63, 3.8) is 0 Å². The van der Waals surface area contributed by atoms with Crippen LogP contribution >= 0.6 is 0 Å². The van der Waals surface area contributed by atoms with Crippen molar-refractivity contribution in [1.82, 2.24) is 4.31 Å². The molecule has 1 heterocycles. The van der Waals surface area contributed by atoms with Crippen LogP contribution in [-0.2, 0) is 10.0 Å². The third kappa shape index (κ3) is 2.28. The van der Waals surface area contributed by atoms with E-state index in [4.69, 9.17) is 5.73 Å². The van der Waals surface area contributed by atoms with E-state index < -0.39 is 15.8 Å². The first-order valence-corrected chi connectivity index (χ1v) is 7.28. The molecule has 2 N–H and O–H groups in total. The van der Waals surface area contributed by atoms with Crippen LogP contribution in [0.3, 0.4) is 0 Å². The molecule has 1 aromatic carbocycles. The maximum atomic E-state index is 13.6. The molecule has 0 radical (unpaired) electrons. The van der Waals surface area contributed by atoms with Crippen LogP contribution in [0.5, 0.6) is 0 Å². The molecule has 0 aliphatic carbocycles. The van der Waals surface area contributed by atoms with Crippen molar-refractivity contribution < 1.29 is 12.8 Å². The number of nitrogens with two attached hydrogens (primary N) is 1. The summed E-state index contributed by atoms with van der Waals surface area (Å²) in [7, 11) is -3.75. The molecule has 6 heteroatoms. The molecule has 0 amide bonds. The maximum absolute atomic E-state index is 13.6. The molecule has 1 aliphatic rings. The lowest BCUT2D eigenvalue weighted by molar-refractivity contribution is 0.349. The Morgan fingerprint density at radius 1 is 1.44 bits per heavy atom. The predicted molar refractivity (Wildman–Crippen MR) is 66.9 cm³/mol. The Morgan fingerprint density at radius 2 is 2.11 bits per heavy atom. The van der Waals surface area contributed by atoms with Crippen LogP contribution in [0, 0.1) is 11.2 Å². The zero-order valence-corrected chi connectivity index (χ0v) is 11.1. The van der Waals surface area contributed by atoms with E-state index in [0.717, 1.165) is 6.07 Å². The minimum Gasteiger partial charge on any atom is -0.330 e. The van der Waals surface area contributed by atoms with Crippen LogP contribution in [0.25, 0.3) is 0 Å². The van der Waals surface area contributed by atoms with E-state index in [1.54, 1.807) is 0 Å². The van der Waals surface area contributed by atoms with Gasteiger partial charge in [0, 0.05) is 13.1 Å². The van der Waals surface area contributed by atoms with Gasteiger partial charge in [0.25, 0.3) is 0 Å². The molecule has 100 valence electrons. The number of hydrogen-bond acceptors (Lipinski definition) is 3. The molecule has 1 atom stereocenters. The highest BCUT2D eigenvalue weighted by atomic mass is 32.2. The Hall–Kier alpha value is -0.980. The first kappa shape index (κ1) is 13.5. The van der Waals surface area contributed by atoms with Crippen molar-refractivity contribution >= 4 is 10.0 Å². The van der Waals surface area contributed by atoms with E-state index >= 15 is 0 Å². The van der Waals surface area contributed by atoms with Crippen molar-refractivity contribution in [3.8, 4) is 0 Å². The third-order valence-corrected chi connectivity index (χ3v) is 5.35. The molecule has 0 spiro atoms. The van der Waals surface area contributed by atoms with Crippen molar-refractivity contribution in [2.75, 3.05) is 19.6 Å². The van der Waals surface area contributed by atoms with E-state index in [0.29, 0.717) is 26.1 Å². The molecule has 1 saturated heterocycles. The standard InChI is InChI=1S/C12H17FN2O2S/c1-12(8-14)6-7-15(9-12)18(16,17)11-5-3-2-4-10(11)13/h2-5H,6-9,14H2,1H3. The monoisotopic (exact) mass is 272 g/mol. The summed E-state index contributed by atoms with van der Waals surface area (Å²) >= 11 is 0. The molecule has 0 aromatic heterocycles. The Morgan fingerprint density at radius 3 is 2.67 bits per heavy atom. The van der Waals surface area contributed by atoms with Crippen LogP contribution in [0.2, 0.25) is 0 Å². The van der Waals surface area contributed by atoms with Gasteiger partial charge in [0.15, 0.2) is 0 Å². The first-order valence-electron chi connectivity index (χ1n) is 5.84. The Bertz CT molecular complexity index is 547. The number of rotatable bonds is 3. The van der Waals surface area contributed by atoms with E-state index in [2.05, 4.69) is 0 Å². The van der Waals surface area contributed by atoms with E-state index in [1.807, 2.05) is 6.92 Å². The number of hydrogen-bond donors (Lipinski definition) is 1. The van der Waals surface area contributed by atoms with Crippen molar-refractivity contribution in [2.24, 2.45) is 11.1 Å². The fraction of sp³-hybridized carbons (Fsp3) is 0.500. The van der Waals surface area contributed by atoms with Gasteiger partial charge in [-0.2, -0.15) is 4.31 Å². The highest BCUT2D eigenvalue weighted by molar-refractivity contribution is 7.89. The molecule has 0 saturated carbocycles. The molecule has 18 heavy (non-hydrogen) atoms. The van der Waals surface area contributed by atoms with Gasteiger partial charge in [0.05, 0.1) is 0 Å². The summed E-state index contributed by atoms with van der Waals surface area (Å²) in [5, 5.41) is 0. The summed E-state index contributed by atoms with van der Waals surface area (Å²) in [4.78, 5) is -0.258. The van der Waals surface area contributed by atoms with Gasteiger partial charge in [0.2, 0.25) is 10.0 Å². The second-order valence-electron chi connectivity index (χ2n) is 5.03. The van der Waals surface area contributed by atoms with Crippen LogP contribution in [0.15, 0.2) is 29.2 Å². The molecule has 0 bridgehead atoms. The van der Waals surface area contributed by atoms with Gasteiger partial charge < -0.3 is 5.73 Å². The number of benzene rings is 1. The molecule has 1 unspecified atom stereocenters. The fourth-order valence-corrected chi connectivity index (χ4v) is 3.80. The van der Waals surface area contributed by atoms with E-state index in [-0.39, 0.29) is 10.3 Å². The molecule has 1 aliphatic heterocycles. The molecule has 1 aromatic rings. The third-order valence-electron chi connectivity index (χ3n) is 3.47. The molecular formula is C12H17FN2O2S. The maximum Gasteiger partial charge on any atom is 0.246 e. The van der Waals surface area contributed by atoms with E-state index in [1.165, 1.54) is 22.5 Å². The number of halogens is 1.